The Morgan fingerprint density at radius 1 is 1.09 bits per heavy atom. The van der Waals surface area contributed by atoms with Gasteiger partial charge in [-0.15, -0.1) is 0 Å². The molecule has 2 fully saturated rings. The second-order valence-electron chi connectivity index (χ2n) is 9.06. The molecule has 1 aromatic heterocycles. The lowest BCUT2D eigenvalue weighted by Crippen LogP contribution is -2.37. The van der Waals surface area contributed by atoms with Crippen LogP contribution in [0.5, 0.6) is 0 Å². The van der Waals surface area contributed by atoms with Crippen molar-refractivity contribution in [1.29, 1.82) is 0 Å². The third-order valence-corrected chi connectivity index (χ3v) is 6.69. The predicted molar refractivity (Wildman–Crippen MR) is 129 cm³/mol. The van der Waals surface area contributed by atoms with E-state index in [4.69, 9.17) is 4.52 Å². The van der Waals surface area contributed by atoms with Gasteiger partial charge in [-0.2, -0.15) is 4.98 Å². The number of carbonyl (C=O) groups excluding carboxylic acids is 2. The molecule has 0 bridgehead atoms. The summed E-state index contributed by atoms with van der Waals surface area (Å²) in [5.41, 5.74) is 3.74. The minimum atomic E-state index is -0.0266. The van der Waals surface area contributed by atoms with Gasteiger partial charge < -0.3 is 14.7 Å². The summed E-state index contributed by atoms with van der Waals surface area (Å²) in [7, 11) is 0. The van der Waals surface area contributed by atoms with Crippen molar-refractivity contribution in [2.24, 2.45) is 5.92 Å². The quantitative estimate of drug-likeness (QED) is 0.599. The van der Waals surface area contributed by atoms with Gasteiger partial charge in [0.15, 0.2) is 0 Å². The van der Waals surface area contributed by atoms with E-state index in [0.29, 0.717) is 24.7 Å². The number of rotatable bonds is 6. The fourth-order valence-electron chi connectivity index (χ4n) is 4.69. The van der Waals surface area contributed by atoms with E-state index in [9.17, 15) is 9.59 Å². The second kappa shape index (κ2) is 9.77. The van der Waals surface area contributed by atoms with Gasteiger partial charge in [0.2, 0.25) is 23.5 Å². The molecule has 8 heteroatoms. The maximum Gasteiger partial charge on any atom is 0.241 e. The summed E-state index contributed by atoms with van der Waals surface area (Å²) < 4.78 is 5.48. The van der Waals surface area contributed by atoms with Gasteiger partial charge >= 0.3 is 0 Å². The number of nitrogens with zero attached hydrogens (tertiary/aromatic N) is 4. The summed E-state index contributed by atoms with van der Waals surface area (Å²) in [6, 6.07) is 15.5. The summed E-state index contributed by atoms with van der Waals surface area (Å²) in [5, 5.41) is 7.17. The average Bonchev–Trinajstić information content (AvgIpc) is 3.49. The maximum absolute atomic E-state index is 12.8. The highest BCUT2D eigenvalue weighted by molar-refractivity contribution is 5.96. The molecule has 2 aliphatic rings. The third-order valence-electron chi connectivity index (χ3n) is 6.69. The molecule has 8 nitrogen and oxygen atoms in total. The van der Waals surface area contributed by atoms with E-state index in [2.05, 4.69) is 20.4 Å². The number of carbonyl (C=O) groups is 2. The monoisotopic (exact) mass is 459 g/mol. The summed E-state index contributed by atoms with van der Waals surface area (Å²) in [6.07, 6.45) is 3.07. The number of aromatic nitrogens is 2. The van der Waals surface area contributed by atoms with E-state index in [1.165, 1.54) is 0 Å². The van der Waals surface area contributed by atoms with Crippen molar-refractivity contribution in [2.45, 2.75) is 39.2 Å². The molecule has 2 saturated heterocycles. The maximum atomic E-state index is 12.8. The number of amides is 2. The van der Waals surface area contributed by atoms with Crippen LogP contribution in [0.25, 0.3) is 11.4 Å². The summed E-state index contributed by atoms with van der Waals surface area (Å²) in [6.45, 7) is 4.99. The zero-order chi connectivity index (χ0) is 23.5. The normalized spacial score (nSPS) is 17.3. The summed E-state index contributed by atoms with van der Waals surface area (Å²) in [4.78, 5) is 33.3. The van der Waals surface area contributed by atoms with Crippen molar-refractivity contribution in [3.05, 3.63) is 60.0 Å². The van der Waals surface area contributed by atoms with Crippen LogP contribution in [0.1, 0.15) is 37.1 Å². The lowest BCUT2D eigenvalue weighted by Gasteiger charge is -2.30. The van der Waals surface area contributed by atoms with Gasteiger partial charge in [-0.05, 0) is 69.1 Å². The molecule has 0 spiro atoms. The van der Waals surface area contributed by atoms with E-state index < -0.39 is 0 Å². The Hall–Kier alpha value is -3.52. The topological polar surface area (TPSA) is 91.6 Å². The van der Waals surface area contributed by atoms with Crippen molar-refractivity contribution < 1.29 is 14.1 Å². The Labute approximate surface area is 198 Å². The van der Waals surface area contributed by atoms with Crippen LogP contribution in [0.3, 0.4) is 0 Å². The molecule has 3 heterocycles. The molecule has 0 aliphatic carbocycles. The van der Waals surface area contributed by atoms with Crippen LogP contribution in [0.15, 0.2) is 53.1 Å². The molecular formula is C26H29N5O3. The van der Waals surface area contributed by atoms with E-state index in [1.54, 1.807) is 4.90 Å². The van der Waals surface area contributed by atoms with Crippen molar-refractivity contribution in [1.82, 2.24) is 15.0 Å². The van der Waals surface area contributed by atoms with E-state index in [-0.39, 0.29) is 17.7 Å². The number of nitrogens with one attached hydrogen (secondary N) is 1. The first-order chi connectivity index (χ1) is 16.6. The smallest absolute Gasteiger partial charge is 0.241 e. The standard InChI is InChI=1S/C26H29N5O3/c1-18-5-2-3-6-22(18)25-28-23(34-29-25)17-30-15-12-19(13-16-30)26(33)27-20-8-10-21(11-9-20)31-14-4-7-24(31)32/h2-3,5-6,8-11,19H,4,7,12-17H2,1H3,(H,27,33). The highest BCUT2D eigenvalue weighted by Crippen LogP contribution is 2.25. The molecule has 0 unspecified atom stereocenters. The molecule has 176 valence electrons. The van der Waals surface area contributed by atoms with Crippen molar-refractivity contribution in [2.75, 3.05) is 29.9 Å². The molecule has 2 amide bonds. The van der Waals surface area contributed by atoms with Gasteiger partial charge in [0.1, 0.15) is 0 Å². The fraction of sp³-hybridized carbons (Fsp3) is 0.385. The van der Waals surface area contributed by atoms with Crippen LogP contribution >= 0.6 is 0 Å². The first-order valence-corrected chi connectivity index (χ1v) is 11.9. The Balaban J connectivity index is 1.11. The van der Waals surface area contributed by atoms with Crippen molar-refractivity contribution in [3.63, 3.8) is 0 Å². The Morgan fingerprint density at radius 3 is 2.56 bits per heavy atom. The van der Waals surface area contributed by atoms with E-state index >= 15 is 0 Å². The average molecular weight is 460 g/mol. The first kappa shape index (κ1) is 22.3. The van der Waals surface area contributed by atoms with Gasteiger partial charge in [-0.3, -0.25) is 14.5 Å². The minimum absolute atomic E-state index is 0.0266. The molecule has 2 aromatic carbocycles. The molecule has 3 aromatic rings. The van der Waals surface area contributed by atoms with Crippen LogP contribution in [-0.2, 0) is 16.1 Å². The molecular weight excluding hydrogens is 430 g/mol. The molecule has 0 saturated carbocycles. The van der Waals surface area contributed by atoms with Gasteiger partial charge in [0.25, 0.3) is 0 Å². The SMILES string of the molecule is Cc1ccccc1-c1noc(CN2CCC(C(=O)Nc3ccc(N4CCCC4=O)cc3)CC2)n1. The first-order valence-electron chi connectivity index (χ1n) is 11.9. The Morgan fingerprint density at radius 2 is 1.85 bits per heavy atom. The number of piperidine rings is 1. The van der Waals surface area contributed by atoms with Gasteiger partial charge in [-0.1, -0.05) is 29.4 Å². The zero-order valence-electron chi connectivity index (χ0n) is 19.4. The number of hydrogen-bond donors (Lipinski definition) is 1. The molecule has 1 N–H and O–H groups in total. The molecule has 5 rings (SSSR count). The lowest BCUT2D eigenvalue weighted by molar-refractivity contribution is -0.121. The number of aryl methyl sites for hydroxylation is 1. The van der Waals surface area contributed by atoms with Crippen molar-refractivity contribution in [3.8, 4) is 11.4 Å². The number of likely N-dealkylation sites (tertiary alicyclic amines) is 1. The van der Waals surface area contributed by atoms with Crippen molar-refractivity contribution >= 4 is 23.2 Å². The number of anilines is 2. The zero-order valence-corrected chi connectivity index (χ0v) is 19.4. The molecule has 34 heavy (non-hydrogen) atoms. The fourth-order valence-corrected chi connectivity index (χ4v) is 4.69. The van der Waals surface area contributed by atoms with Crippen LogP contribution in [-0.4, -0.2) is 46.5 Å². The number of hydrogen-bond acceptors (Lipinski definition) is 6. The van der Waals surface area contributed by atoms with Crippen LogP contribution < -0.4 is 10.2 Å². The predicted octanol–water partition coefficient (Wildman–Crippen LogP) is 4.02. The molecule has 0 radical (unpaired) electrons. The highest BCUT2D eigenvalue weighted by Gasteiger charge is 2.26. The third kappa shape index (κ3) is 4.87. The van der Waals surface area contributed by atoms with E-state index in [0.717, 1.165) is 61.4 Å². The highest BCUT2D eigenvalue weighted by atomic mass is 16.5. The largest absolute Gasteiger partial charge is 0.338 e. The van der Waals surface area contributed by atoms with Gasteiger partial charge in [0.05, 0.1) is 6.54 Å². The molecule has 0 atom stereocenters. The summed E-state index contributed by atoms with van der Waals surface area (Å²) in [5.74, 6) is 1.39. The lowest BCUT2D eigenvalue weighted by atomic mass is 9.96. The Kier molecular flexibility index (Phi) is 6.40. The second-order valence-corrected chi connectivity index (χ2v) is 9.06. The van der Waals surface area contributed by atoms with E-state index in [1.807, 2.05) is 55.5 Å². The van der Waals surface area contributed by atoms with Crippen LogP contribution in [0.4, 0.5) is 11.4 Å². The van der Waals surface area contributed by atoms with Gasteiger partial charge in [-0.25, -0.2) is 0 Å². The van der Waals surface area contributed by atoms with Gasteiger partial charge in [0, 0.05) is 35.8 Å². The van der Waals surface area contributed by atoms with Crippen LogP contribution in [0.2, 0.25) is 0 Å². The van der Waals surface area contributed by atoms with Crippen LogP contribution in [0, 0.1) is 12.8 Å². The number of benzene rings is 2. The molecule has 2 aliphatic heterocycles. The Bertz CT molecular complexity index is 1170. The minimum Gasteiger partial charge on any atom is -0.338 e. The summed E-state index contributed by atoms with van der Waals surface area (Å²) >= 11 is 0.